The van der Waals surface area contributed by atoms with Crippen molar-refractivity contribution in [2.24, 2.45) is 0 Å². The lowest BCUT2D eigenvalue weighted by molar-refractivity contribution is -0.756. The van der Waals surface area contributed by atoms with Crippen LogP contribution in [0.25, 0.3) is 5.57 Å². The zero-order valence-corrected chi connectivity index (χ0v) is 23.1. The van der Waals surface area contributed by atoms with Crippen molar-refractivity contribution < 1.29 is 19.5 Å². The minimum Gasteiger partial charge on any atom is -0.314 e. The van der Waals surface area contributed by atoms with E-state index in [1.165, 1.54) is 23.1 Å². The average molecular weight is 512 g/mol. The Labute approximate surface area is 217 Å². The molecule has 1 saturated carbocycles. The number of hydrogen-bond donors (Lipinski definition) is 0. The molecule has 1 aromatic carbocycles. The summed E-state index contributed by atoms with van der Waals surface area (Å²) in [4.78, 5) is 36.9. The number of nitrogens with zero attached hydrogens (tertiary/aromatic N) is 1. The molecule has 3 rings (SSSR count). The van der Waals surface area contributed by atoms with Crippen molar-refractivity contribution in [2.75, 3.05) is 6.61 Å². The Morgan fingerprint density at radius 3 is 2.00 bits per heavy atom. The molecule has 194 valence electrons. The lowest BCUT2D eigenvalue weighted by atomic mass is 9.81. The summed E-state index contributed by atoms with van der Waals surface area (Å²) in [6, 6.07) is 3.85. The molecule has 0 heterocycles. The van der Waals surface area contributed by atoms with Gasteiger partial charge in [-0.25, -0.2) is 0 Å². The predicted molar refractivity (Wildman–Crippen MR) is 151 cm³/mol. The van der Waals surface area contributed by atoms with Gasteiger partial charge >= 0.3 is 0 Å². The van der Waals surface area contributed by atoms with E-state index in [1.54, 1.807) is 13.0 Å². The smallest absolute Gasteiger partial charge is 0.294 e. The number of allylic oxidation sites excluding steroid dienone is 7. The van der Waals surface area contributed by atoms with E-state index in [2.05, 4.69) is 47.1 Å². The lowest BCUT2D eigenvalue weighted by Gasteiger charge is -2.24. The molecule has 1 aromatic rings. The van der Waals surface area contributed by atoms with E-state index in [-0.39, 0.29) is 24.6 Å². The highest BCUT2D eigenvalue weighted by Crippen LogP contribution is 2.38. The molecule has 0 spiro atoms. The van der Waals surface area contributed by atoms with Crippen LogP contribution in [0.1, 0.15) is 105 Å². The molecule has 0 saturated heterocycles. The van der Waals surface area contributed by atoms with Gasteiger partial charge < -0.3 is 4.84 Å². The maximum Gasteiger partial charge on any atom is 0.294 e. The van der Waals surface area contributed by atoms with Crippen LogP contribution in [0.4, 0.5) is 0 Å². The Morgan fingerprint density at radius 2 is 1.64 bits per heavy atom. The maximum absolute atomic E-state index is 12.0. The molecule has 2 aliphatic rings. The van der Waals surface area contributed by atoms with Crippen LogP contribution in [-0.4, -0.2) is 28.6 Å². The fourth-order valence-corrected chi connectivity index (χ4v) is 3.97. The van der Waals surface area contributed by atoms with Gasteiger partial charge in [0.25, 0.3) is 5.09 Å². The number of ketones is 2. The van der Waals surface area contributed by atoms with E-state index in [4.69, 9.17) is 0 Å². The van der Waals surface area contributed by atoms with Gasteiger partial charge in [-0.15, -0.1) is 19.0 Å². The summed E-state index contributed by atoms with van der Waals surface area (Å²) in [6.07, 6.45) is 13.5. The molecule has 0 aromatic heterocycles. The molecule has 0 unspecified atom stereocenters. The first kappa shape index (κ1) is 30.9. The molecule has 36 heavy (non-hydrogen) atoms. The van der Waals surface area contributed by atoms with Crippen molar-refractivity contribution in [3.05, 3.63) is 86.5 Å². The minimum absolute atomic E-state index is 0.0248. The molecule has 0 aliphatic heterocycles. The summed E-state index contributed by atoms with van der Waals surface area (Å²) < 4.78 is 0. The Hall–Kier alpha value is -3.11. The number of Topliss-reactive ketones (excluding diaryl/α,β-unsaturated/α-hetero) is 2. The van der Waals surface area contributed by atoms with Gasteiger partial charge in [0.05, 0.1) is 13.0 Å². The number of carbonyl (C=O) groups is 2. The topological polar surface area (TPSA) is 86.5 Å². The van der Waals surface area contributed by atoms with Crippen LogP contribution >= 0.6 is 8.86 Å². The van der Waals surface area contributed by atoms with E-state index in [0.717, 1.165) is 42.1 Å². The maximum atomic E-state index is 12.0. The number of fused-ring (bicyclic) bond motifs is 1. The van der Waals surface area contributed by atoms with Crippen LogP contribution in [0.5, 0.6) is 0 Å². The molecule has 7 heteroatoms. The Bertz CT molecular complexity index is 1090. The zero-order valence-electron chi connectivity index (χ0n) is 22.1. The van der Waals surface area contributed by atoms with Gasteiger partial charge in [0.2, 0.25) is 0 Å². The van der Waals surface area contributed by atoms with Gasteiger partial charge in [-0.3, -0.25) is 9.59 Å². The van der Waals surface area contributed by atoms with E-state index in [9.17, 15) is 19.7 Å². The van der Waals surface area contributed by atoms with Crippen molar-refractivity contribution in [1.82, 2.24) is 0 Å². The Balaban J connectivity index is 0.000000359. The molecule has 0 amide bonds. The van der Waals surface area contributed by atoms with Crippen LogP contribution in [0.15, 0.2) is 54.2 Å². The third-order valence-electron chi connectivity index (χ3n) is 5.97. The molecule has 0 atom stereocenters. The highest BCUT2D eigenvalue weighted by molar-refractivity contribution is 7.22. The van der Waals surface area contributed by atoms with Gasteiger partial charge in [0.15, 0.2) is 11.6 Å². The fraction of sp³-hybridized carbons (Fsp3) is 0.414. The first-order valence-electron chi connectivity index (χ1n) is 12.3. The van der Waals surface area contributed by atoms with Gasteiger partial charge in [-0.2, -0.15) is 0 Å². The Morgan fingerprint density at radius 1 is 1.06 bits per heavy atom. The van der Waals surface area contributed by atoms with E-state index >= 15 is 0 Å². The van der Waals surface area contributed by atoms with Crippen molar-refractivity contribution >= 4 is 31.3 Å². The summed E-state index contributed by atoms with van der Waals surface area (Å²) in [5.74, 6) is -0.0893. The molecule has 0 bridgehead atoms. The quantitative estimate of drug-likeness (QED) is 0.117. The summed E-state index contributed by atoms with van der Waals surface area (Å²) in [7, 11) is 3.62. The van der Waals surface area contributed by atoms with Crippen molar-refractivity contribution in [3.8, 4) is 0 Å². The zero-order chi connectivity index (χ0) is 27.3. The fourth-order valence-electron chi connectivity index (χ4n) is 3.77. The first-order chi connectivity index (χ1) is 17.1. The van der Waals surface area contributed by atoms with Crippen molar-refractivity contribution in [1.29, 1.82) is 0 Å². The van der Waals surface area contributed by atoms with Gasteiger partial charge in [-0.1, -0.05) is 55.9 Å². The largest absolute Gasteiger partial charge is 0.314 e. The highest BCUT2D eigenvalue weighted by atomic mass is 31.0. The molecule has 2 aliphatic carbocycles. The Kier molecular flexibility index (Phi) is 13.6. The number of hydrogen-bond acceptors (Lipinski definition) is 5. The second-order valence-electron chi connectivity index (χ2n) is 8.51. The van der Waals surface area contributed by atoms with Gasteiger partial charge in [-0.05, 0) is 87.0 Å². The normalized spacial score (nSPS) is 14.1. The standard InChI is InChI=1S/C18H19O2P.C9H14.C2H5NO3/c1-3-12(11-5-4-6-11)14-8-16-15(7-13(14)10(2)21)17(19)9-18(16)20;1-4-6-7-8-9(3)5-2;1-2-6-3(4)5/h7-8,21H,3-6,9H2,1-2H3;4,6-8H,1,5H2,2-3H3;2H2,1H3/b;7-6-,9-8-;. The molecule has 0 N–H and O–H groups in total. The van der Waals surface area contributed by atoms with Gasteiger partial charge in [0, 0.05) is 11.1 Å². The van der Waals surface area contributed by atoms with Crippen LogP contribution in [0, 0.1) is 10.1 Å². The van der Waals surface area contributed by atoms with E-state index in [0.29, 0.717) is 11.1 Å². The summed E-state index contributed by atoms with van der Waals surface area (Å²) >= 11 is 0. The van der Waals surface area contributed by atoms with Crippen LogP contribution in [0.2, 0.25) is 0 Å². The molecule has 0 radical (unpaired) electrons. The molecule has 6 nitrogen and oxygen atoms in total. The minimum atomic E-state index is -0.819. The first-order valence-corrected chi connectivity index (χ1v) is 12.8. The van der Waals surface area contributed by atoms with Crippen LogP contribution < -0.4 is 0 Å². The average Bonchev–Trinajstić information content (AvgIpc) is 3.08. The van der Waals surface area contributed by atoms with Gasteiger partial charge in [0.1, 0.15) is 0 Å². The second-order valence-corrected chi connectivity index (χ2v) is 9.26. The summed E-state index contributed by atoms with van der Waals surface area (Å²) in [5, 5.41) is 9.37. The number of carbonyl (C=O) groups excluding carboxylic acids is 2. The van der Waals surface area contributed by atoms with Crippen molar-refractivity contribution in [2.45, 2.75) is 73.1 Å². The lowest BCUT2D eigenvalue weighted by Crippen LogP contribution is -2.07. The number of rotatable bonds is 8. The van der Waals surface area contributed by atoms with Crippen LogP contribution in [-0.2, 0) is 4.84 Å². The molecular weight excluding hydrogens is 473 g/mol. The second kappa shape index (κ2) is 15.8. The van der Waals surface area contributed by atoms with Crippen molar-refractivity contribution in [3.63, 3.8) is 0 Å². The summed E-state index contributed by atoms with van der Waals surface area (Å²) in [5.41, 5.74) is 7.62. The van der Waals surface area contributed by atoms with E-state index < -0.39 is 5.09 Å². The third kappa shape index (κ3) is 9.16. The summed E-state index contributed by atoms with van der Waals surface area (Å²) in [6.45, 7) is 13.7. The monoisotopic (exact) mass is 511 g/mol. The predicted octanol–water partition coefficient (Wildman–Crippen LogP) is 7.79. The third-order valence-corrected chi connectivity index (χ3v) is 6.24. The SMILES string of the molecule is C=C/C=C\C=C(\C)CC.CCC(=C1CCC1)c1cc2c(cc1C(C)=P)C(=O)CC2=O.CCO[N+](=O)[O-]. The van der Waals surface area contributed by atoms with Crippen LogP contribution in [0.3, 0.4) is 0 Å². The van der Waals surface area contributed by atoms with E-state index in [1.807, 2.05) is 31.2 Å². The number of benzene rings is 1. The molecule has 1 fully saturated rings. The highest BCUT2D eigenvalue weighted by Gasteiger charge is 2.30. The molecular formula is C29H38NO5P.